The molecule has 0 amide bonds. The van der Waals surface area contributed by atoms with Crippen LogP contribution >= 0.6 is 47.2 Å². The molecule has 4 rings (SSSR count). The first-order valence-corrected chi connectivity index (χ1v) is 10.1. The number of rotatable bonds is 6. The molecule has 0 bridgehead atoms. The van der Waals surface area contributed by atoms with Gasteiger partial charge in [0.2, 0.25) is 12.0 Å². The van der Waals surface area contributed by atoms with Gasteiger partial charge in [-0.05, 0) is 53.6 Å². The fraction of sp³-hybridized carbons (Fsp3) is 0.0435. The van der Waals surface area contributed by atoms with Gasteiger partial charge in [0.15, 0.2) is 0 Å². The van der Waals surface area contributed by atoms with Crippen molar-refractivity contribution in [3.05, 3.63) is 106 Å². The van der Waals surface area contributed by atoms with E-state index in [1.807, 2.05) is 48.5 Å². The van der Waals surface area contributed by atoms with E-state index in [1.165, 1.54) is 12.4 Å². The number of Topliss-reactive ketones (excluding diaryl/α,β-unsaturated/α-hetero) is 1. The van der Waals surface area contributed by atoms with Crippen molar-refractivity contribution < 1.29 is 9.53 Å². The van der Waals surface area contributed by atoms with Gasteiger partial charge in [0.25, 0.3) is 0 Å². The van der Waals surface area contributed by atoms with Crippen molar-refractivity contribution in [3.63, 3.8) is 0 Å². The lowest BCUT2D eigenvalue weighted by molar-refractivity contribution is 0.0653. The summed E-state index contributed by atoms with van der Waals surface area (Å²) < 4.78 is 7.61. The van der Waals surface area contributed by atoms with Crippen LogP contribution in [0.15, 0.2) is 85.5 Å². The maximum absolute atomic E-state index is 13.2. The van der Waals surface area contributed by atoms with E-state index in [4.69, 9.17) is 39.5 Å². The zero-order chi connectivity index (χ0) is 21.1. The number of carbonyl (C=O) groups is 1. The van der Waals surface area contributed by atoms with E-state index in [0.717, 1.165) is 11.1 Å². The van der Waals surface area contributed by atoms with E-state index in [-0.39, 0.29) is 23.2 Å². The second-order valence-corrected chi connectivity index (χ2v) is 7.78. The zero-order valence-corrected chi connectivity index (χ0v) is 19.0. The molecule has 0 fully saturated rings. The molecule has 31 heavy (non-hydrogen) atoms. The molecule has 4 aromatic rings. The number of nitrogens with zero attached hydrogens (tertiary/aromatic N) is 2. The van der Waals surface area contributed by atoms with E-state index >= 15 is 0 Å². The van der Waals surface area contributed by atoms with Gasteiger partial charge in [-0.25, -0.2) is 4.98 Å². The Morgan fingerprint density at radius 3 is 2.06 bits per heavy atom. The Bertz CT molecular complexity index is 1160. The third-order valence-corrected chi connectivity index (χ3v) is 5.30. The minimum atomic E-state index is -0.965. The van der Waals surface area contributed by atoms with Crippen LogP contribution in [0, 0.1) is 0 Å². The predicted molar refractivity (Wildman–Crippen MR) is 127 cm³/mol. The van der Waals surface area contributed by atoms with E-state index in [0.29, 0.717) is 21.4 Å². The molecule has 0 radical (unpaired) electrons. The summed E-state index contributed by atoms with van der Waals surface area (Å²) in [4.78, 5) is 17.2. The smallest absolute Gasteiger partial charge is 0.241 e. The molecule has 0 saturated carbocycles. The molecule has 0 aliphatic heterocycles. The van der Waals surface area contributed by atoms with E-state index in [1.54, 1.807) is 29.1 Å². The minimum absolute atomic E-state index is 0. The average Bonchev–Trinajstić information content (AvgIpc) is 3.27. The summed E-state index contributed by atoms with van der Waals surface area (Å²) in [7, 11) is 0. The molecular formula is C23H16Cl4N2O2. The molecule has 3 aromatic carbocycles. The molecule has 0 aliphatic carbocycles. The van der Waals surface area contributed by atoms with Crippen LogP contribution in [-0.2, 0) is 0 Å². The second-order valence-electron chi connectivity index (χ2n) is 6.50. The Labute approximate surface area is 200 Å². The van der Waals surface area contributed by atoms with Crippen molar-refractivity contribution in [2.75, 3.05) is 0 Å². The van der Waals surface area contributed by atoms with Crippen molar-refractivity contribution in [1.82, 2.24) is 9.55 Å². The Morgan fingerprint density at radius 2 is 1.48 bits per heavy atom. The maximum Gasteiger partial charge on any atom is 0.241 e. The van der Waals surface area contributed by atoms with Crippen molar-refractivity contribution in [2.45, 2.75) is 6.23 Å². The molecule has 8 heteroatoms. The number of hydrogen-bond donors (Lipinski definition) is 0. The lowest BCUT2D eigenvalue weighted by atomic mass is 10.1. The first kappa shape index (κ1) is 23.2. The van der Waals surface area contributed by atoms with Gasteiger partial charge in [0.05, 0.1) is 11.3 Å². The minimum Gasteiger partial charge on any atom is -0.462 e. The van der Waals surface area contributed by atoms with Crippen molar-refractivity contribution in [2.24, 2.45) is 0 Å². The fourth-order valence-corrected chi connectivity index (χ4v) is 3.61. The number of ether oxygens (including phenoxy) is 1. The van der Waals surface area contributed by atoms with Gasteiger partial charge < -0.3 is 4.74 Å². The number of benzene rings is 3. The molecule has 0 spiro atoms. The molecular weight excluding hydrogens is 478 g/mol. The zero-order valence-electron chi connectivity index (χ0n) is 15.9. The SMILES string of the molecule is Cl.O=C(c1ccc(Cl)cc1Cl)C(Oc1ccc(-c2ccc(Cl)cc2)cc1)n1ccnc1. The Kier molecular flexibility index (Phi) is 7.63. The molecule has 1 unspecified atom stereocenters. The largest absolute Gasteiger partial charge is 0.462 e. The summed E-state index contributed by atoms with van der Waals surface area (Å²) >= 11 is 18.1. The lowest BCUT2D eigenvalue weighted by Gasteiger charge is -2.20. The van der Waals surface area contributed by atoms with E-state index in [2.05, 4.69) is 4.98 Å². The normalized spacial score (nSPS) is 11.5. The molecule has 0 aliphatic rings. The summed E-state index contributed by atoms with van der Waals surface area (Å²) in [6, 6.07) is 19.8. The molecule has 4 nitrogen and oxygen atoms in total. The summed E-state index contributed by atoms with van der Waals surface area (Å²) in [5, 5.41) is 1.40. The highest BCUT2D eigenvalue weighted by atomic mass is 35.5. The molecule has 158 valence electrons. The Morgan fingerprint density at radius 1 is 0.871 bits per heavy atom. The van der Waals surface area contributed by atoms with Gasteiger partial charge >= 0.3 is 0 Å². The van der Waals surface area contributed by atoms with Crippen molar-refractivity contribution >= 4 is 53.0 Å². The van der Waals surface area contributed by atoms with Gasteiger partial charge in [0, 0.05) is 28.0 Å². The Hall–Kier alpha value is -2.50. The number of ketones is 1. The predicted octanol–water partition coefficient (Wildman–Crippen LogP) is 7.39. The highest BCUT2D eigenvalue weighted by Crippen LogP contribution is 2.29. The van der Waals surface area contributed by atoms with E-state index in [9.17, 15) is 4.79 Å². The number of hydrogen-bond acceptors (Lipinski definition) is 3. The lowest BCUT2D eigenvalue weighted by Crippen LogP contribution is -2.24. The van der Waals surface area contributed by atoms with Crippen LogP contribution < -0.4 is 4.74 Å². The standard InChI is InChI=1S/C23H15Cl3N2O2.ClH/c24-17-5-1-15(2-6-17)16-3-8-19(9-4-16)30-23(28-12-11-27-14-28)22(29)20-10-7-18(25)13-21(20)26;/h1-14,23H;1H. The van der Waals surface area contributed by atoms with Crippen LogP contribution in [-0.4, -0.2) is 15.3 Å². The van der Waals surface area contributed by atoms with Gasteiger partial charge in [-0.1, -0.05) is 59.1 Å². The molecule has 0 saturated heterocycles. The molecule has 1 atom stereocenters. The van der Waals surface area contributed by atoms with Crippen LogP contribution in [0.2, 0.25) is 15.1 Å². The number of halogens is 4. The van der Waals surface area contributed by atoms with Crippen LogP contribution in [0.5, 0.6) is 5.75 Å². The number of imidazole rings is 1. The summed E-state index contributed by atoms with van der Waals surface area (Å²) in [6.45, 7) is 0. The third kappa shape index (κ3) is 5.41. The van der Waals surface area contributed by atoms with E-state index < -0.39 is 6.23 Å². The monoisotopic (exact) mass is 492 g/mol. The van der Waals surface area contributed by atoms with Gasteiger partial charge in [-0.3, -0.25) is 9.36 Å². The first-order valence-electron chi connectivity index (χ1n) is 9.00. The topological polar surface area (TPSA) is 44.1 Å². The van der Waals surface area contributed by atoms with Crippen LogP contribution in [0.4, 0.5) is 0 Å². The van der Waals surface area contributed by atoms with Gasteiger partial charge in [-0.15, -0.1) is 12.4 Å². The molecule has 1 heterocycles. The van der Waals surface area contributed by atoms with Crippen molar-refractivity contribution in [3.8, 4) is 16.9 Å². The molecule has 0 N–H and O–H groups in total. The highest BCUT2D eigenvalue weighted by molar-refractivity contribution is 6.37. The number of carbonyl (C=O) groups excluding carboxylic acids is 1. The van der Waals surface area contributed by atoms with Crippen molar-refractivity contribution in [1.29, 1.82) is 0 Å². The van der Waals surface area contributed by atoms with Crippen LogP contribution in [0.3, 0.4) is 0 Å². The van der Waals surface area contributed by atoms with Crippen LogP contribution in [0.1, 0.15) is 16.6 Å². The summed E-state index contributed by atoms with van der Waals surface area (Å²) in [6.07, 6.45) is 3.80. The van der Waals surface area contributed by atoms with Crippen LogP contribution in [0.25, 0.3) is 11.1 Å². The summed E-state index contributed by atoms with van der Waals surface area (Å²) in [5.74, 6) is 0.223. The quantitative estimate of drug-likeness (QED) is 0.263. The fourth-order valence-electron chi connectivity index (χ4n) is 2.98. The highest BCUT2D eigenvalue weighted by Gasteiger charge is 2.25. The molecule has 1 aromatic heterocycles. The van der Waals surface area contributed by atoms with Gasteiger partial charge in [0.1, 0.15) is 5.75 Å². The van der Waals surface area contributed by atoms with Gasteiger partial charge in [-0.2, -0.15) is 0 Å². The third-order valence-electron chi connectivity index (χ3n) is 4.50. The Balaban J connectivity index is 0.00000272. The maximum atomic E-state index is 13.2. The summed E-state index contributed by atoms with van der Waals surface area (Å²) in [5.41, 5.74) is 2.35. The number of aromatic nitrogens is 2. The average molecular weight is 494 g/mol. The first-order chi connectivity index (χ1) is 14.5. The second kappa shape index (κ2) is 10.2.